The summed E-state index contributed by atoms with van der Waals surface area (Å²) >= 11 is 0. The van der Waals surface area contributed by atoms with Gasteiger partial charge in [-0.15, -0.1) is 0 Å². The lowest BCUT2D eigenvalue weighted by atomic mass is 9.99. The number of hydrogen-bond donors (Lipinski definition) is 0. The van der Waals surface area contributed by atoms with Crippen molar-refractivity contribution in [2.24, 2.45) is 0 Å². The van der Waals surface area contributed by atoms with Crippen LogP contribution in [0.2, 0.25) is 0 Å². The quantitative estimate of drug-likeness (QED) is 0.594. The average molecular weight is 302 g/mol. The Balaban J connectivity index is 2.80. The molecule has 0 saturated heterocycles. The van der Waals surface area contributed by atoms with E-state index in [4.69, 9.17) is 14.2 Å². The minimum Gasteiger partial charge on any atom is -0.496 e. The van der Waals surface area contributed by atoms with E-state index in [1.54, 1.807) is 14.2 Å². The second kappa shape index (κ2) is 7.16. The predicted molar refractivity (Wildman–Crippen MR) is 87.0 cm³/mol. The van der Waals surface area contributed by atoms with Gasteiger partial charge in [-0.05, 0) is 12.8 Å². The van der Waals surface area contributed by atoms with E-state index >= 15 is 0 Å². The minimum atomic E-state index is -0.366. The molecule has 4 heteroatoms. The van der Waals surface area contributed by atoms with Crippen LogP contribution in [-0.2, 0) is 11.2 Å². The molecule has 2 aromatic rings. The maximum absolute atomic E-state index is 11.5. The number of esters is 1. The number of fused-ring (bicyclic) bond motifs is 1. The lowest BCUT2D eigenvalue weighted by Crippen LogP contribution is -2.07. The fraction of sp³-hybridized carbons (Fsp3) is 0.389. The lowest BCUT2D eigenvalue weighted by Gasteiger charge is -2.19. The number of hydrogen-bond acceptors (Lipinski definition) is 4. The first-order valence-corrected chi connectivity index (χ1v) is 7.48. The highest BCUT2D eigenvalue weighted by Crippen LogP contribution is 2.46. The van der Waals surface area contributed by atoms with E-state index in [9.17, 15) is 4.79 Å². The molecule has 118 valence electrons. The van der Waals surface area contributed by atoms with Gasteiger partial charge in [-0.2, -0.15) is 0 Å². The topological polar surface area (TPSA) is 44.8 Å². The zero-order chi connectivity index (χ0) is 16.1. The van der Waals surface area contributed by atoms with Gasteiger partial charge in [-0.25, -0.2) is 0 Å². The van der Waals surface area contributed by atoms with E-state index in [0.29, 0.717) is 11.5 Å². The first-order chi connectivity index (χ1) is 10.6. The van der Waals surface area contributed by atoms with Gasteiger partial charge in [0, 0.05) is 23.3 Å². The second-order valence-corrected chi connectivity index (χ2v) is 5.12. The first-order valence-electron chi connectivity index (χ1n) is 7.48. The van der Waals surface area contributed by atoms with Crippen molar-refractivity contribution in [2.45, 2.75) is 33.1 Å². The maximum Gasteiger partial charge on any atom is 0.308 e. The summed E-state index contributed by atoms with van der Waals surface area (Å²) in [7, 11) is 3.24. The van der Waals surface area contributed by atoms with Gasteiger partial charge in [-0.1, -0.05) is 37.6 Å². The third kappa shape index (κ3) is 3.01. The third-order valence-corrected chi connectivity index (χ3v) is 3.61. The smallest absolute Gasteiger partial charge is 0.308 e. The molecular weight excluding hydrogens is 280 g/mol. The number of carbonyl (C=O) groups excluding carboxylic acids is 1. The zero-order valence-electron chi connectivity index (χ0n) is 13.6. The maximum atomic E-state index is 11.5. The van der Waals surface area contributed by atoms with Crippen molar-refractivity contribution in [3.63, 3.8) is 0 Å². The molecule has 0 aliphatic heterocycles. The molecule has 22 heavy (non-hydrogen) atoms. The summed E-state index contributed by atoms with van der Waals surface area (Å²) in [6, 6.07) is 7.72. The van der Waals surface area contributed by atoms with E-state index in [1.807, 2.05) is 24.3 Å². The van der Waals surface area contributed by atoms with Crippen molar-refractivity contribution in [3.8, 4) is 17.2 Å². The van der Waals surface area contributed by atoms with E-state index < -0.39 is 0 Å². The third-order valence-electron chi connectivity index (χ3n) is 3.61. The minimum absolute atomic E-state index is 0.366. The van der Waals surface area contributed by atoms with Crippen LogP contribution in [0.5, 0.6) is 17.2 Å². The number of carbonyl (C=O) groups is 1. The summed E-state index contributed by atoms with van der Waals surface area (Å²) in [6.07, 6.45) is 2.87. The van der Waals surface area contributed by atoms with Crippen LogP contribution in [0.4, 0.5) is 0 Å². The monoisotopic (exact) mass is 302 g/mol. The van der Waals surface area contributed by atoms with Gasteiger partial charge in [0.25, 0.3) is 0 Å². The van der Waals surface area contributed by atoms with Gasteiger partial charge in [0.1, 0.15) is 5.75 Å². The average Bonchev–Trinajstić information content (AvgIpc) is 2.52. The zero-order valence-corrected chi connectivity index (χ0v) is 13.6. The Hall–Kier alpha value is -2.23. The SMILES string of the molecule is CCCCc1c(OC)c(OC(C)=O)c2ccccc2c1OC. The summed E-state index contributed by atoms with van der Waals surface area (Å²) in [6.45, 7) is 3.52. The van der Waals surface area contributed by atoms with Crippen LogP contribution in [0.15, 0.2) is 24.3 Å². The number of rotatable bonds is 6. The number of benzene rings is 2. The van der Waals surface area contributed by atoms with Crippen molar-refractivity contribution < 1.29 is 19.0 Å². The Labute approximate surface area is 131 Å². The van der Waals surface area contributed by atoms with Crippen LogP contribution in [0.1, 0.15) is 32.3 Å². The normalized spacial score (nSPS) is 10.5. The van der Waals surface area contributed by atoms with Crippen molar-refractivity contribution in [2.75, 3.05) is 14.2 Å². The molecule has 0 fully saturated rings. The fourth-order valence-electron chi connectivity index (χ4n) is 2.68. The Bertz CT molecular complexity index is 676. The second-order valence-electron chi connectivity index (χ2n) is 5.12. The molecule has 0 bridgehead atoms. The van der Waals surface area contributed by atoms with Gasteiger partial charge in [0.15, 0.2) is 11.5 Å². The predicted octanol–water partition coefficient (Wildman–Crippen LogP) is 4.12. The Morgan fingerprint density at radius 3 is 2.09 bits per heavy atom. The molecule has 0 atom stereocenters. The molecule has 0 aliphatic carbocycles. The van der Waals surface area contributed by atoms with E-state index in [1.165, 1.54) is 6.92 Å². The van der Waals surface area contributed by atoms with Crippen molar-refractivity contribution in [3.05, 3.63) is 29.8 Å². The van der Waals surface area contributed by atoms with Gasteiger partial charge in [0.2, 0.25) is 0 Å². The molecule has 2 rings (SSSR count). The highest BCUT2D eigenvalue weighted by atomic mass is 16.6. The van der Waals surface area contributed by atoms with Gasteiger partial charge >= 0.3 is 5.97 Å². The van der Waals surface area contributed by atoms with Gasteiger partial charge in [-0.3, -0.25) is 4.79 Å². The summed E-state index contributed by atoms with van der Waals surface area (Å²) in [5, 5.41) is 1.74. The highest BCUT2D eigenvalue weighted by molar-refractivity contribution is 5.98. The van der Waals surface area contributed by atoms with Crippen LogP contribution in [-0.4, -0.2) is 20.2 Å². The van der Waals surface area contributed by atoms with Gasteiger partial charge < -0.3 is 14.2 Å². The number of methoxy groups -OCH3 is 2. The van der Waals surface area contributed by atoms with E-state index in [0.717, 1.165) is 41.3 Å². The molecule has 0 unspecified atom stereocenters. The molecule has 0 saturated carbocycles. The van der Waals surface area contributed by atoms with Crippen LogP contribution in [0.25, 0.3) is 10.8 Å². The molecule has 0 N–H and O–H groups in total. The van der Waals surface area contributed by atoms with Crippen molar-refractivity contribution in [1.29, 1.82) is 0 Å². The van der Waals surface area contributed by atoms with Crippen LogP contribution >= 0.6 is 0 Å². The van der Waals surface area contributed by atoms with Crippen molar-refractivity contribution in [1.82, 2.24) is 0 Å². The molecule has 0 heterocycles. The summed E-state index contributed by atoms with van der Waals surface area (Å²) in [5.41, 5.74) is 0.946. The molecule has 0 aliphatic rings. The summed E-state index contributed by atoms with van der Waals surface area (Å²) in [5.74, 6) is 1.48. The fourth-order valence-corrected chi connectivity index (χ4v) is 2.68. The lowest BCUT2D eigenvalue weighted by molar-refractivity contribution is -0.131. The molecule has 0 radical (unpaired) electrons. The molecule has 2 aromatic carbocycles. The molecule has 0 aromatic heterocycles. The molecular formula is C18H22O4. The first kappa shape index (κ1) is 16.1. The summed E-state index contributed by atoms with van der Waals surface area (Å²) in [4.78, 5) is 11.5. The molecule has 4 nitrogen and oxygen atoms in total. The van der Waals surface area contributed by atoms with Crippen LogP contribution in [0, 0.1) is 0 Å². The molecule has 0 spiro atoms. The Morgan fingerprint density at radius 1 is 1.00 bits per heavy atom. The Kier molecular flexibility index (Phi) is 5.26. The van der Waals surface area contributed by atoms with E-state index in [2.05, 4.69) is 6.92 Å². The summed E-state index contributed by atoms with van der Waals surface area (Å²) < 4.78 is 16.7. The van der Waals surface area contributed by atoms with Crippen molar-refractivity contribution >= 4 is 16.7 Å². The number of ether oxygens (including phenoxy) is 3. The van der Waals surface area contributed by atoms with Crippen LogP contribution < -0.4 is 14.2 Å². The number of unbranched alkanes of at least 4 members (excludes halogenated alkanes) is 1. The standard InChI is InChI=1S/C18H22O4/c1-5-6-9-15-16(20-3)13-10-7-8-11-14(13)18(17(15)21-4)22-12(2)19/h7-8,10-11H,5-6,9H2,1-4H3. The van der Waals surface area contributed by atoms with Crippen LogP contribution in [0.3, 0.4) is 0 Å². The highest BCUT2D eigenvalue weighted by Gasteiger charge is 2.22. The Morgan fingerprint density at radius 2 is 1.59 bits per heavy atom. The molecule has 0 amide bonds. The van der Waals surface area contributed by atoms with E-state index in [-0.39, 0.29) is 5.97 Å². The van der Waals surface area contributed by atoms with Gasteiger partial charge in [0.05, 0.1) is 14.2 Å². The largest absolute Gasteiger partial charge is 0.496 e.